The van der Waals surface area contributed by atoms with E-state index in [2.05, 4.69) is 5.32 Å². The van der Waals surface area contributed by atoms with Crippen molar-refractivity contribution in [2.24, 2.45) is 5.92 Å². The van der Waals surface area contributed by atoms with Crippen LogP contribution < -0.4 is 5.32 Å². The largest absolute Gasteiger partial charge is 0.459 e. The average Bonchev–Trinajstić information content (AvgIpc) is 3.00. The van der Waals surface area contributed by atoms with Gasteiger partial charge in [0.25, 0.3) is 5.91 Å². The molecule has 1 atom stereocenters. The fraction of sp³-hybridized carbons (Fsp3) is 0.571. The lowest BCUT2D eigenvalue weighted by Crippen LogP contribution is -2.52. The lowest BCUT2D eigenvalue weighted by atomic mass is 10.1. The van der Waals surface area contributed by atoms with Crippen molar-refractivity contribution in [3.8, 4) is 0 Å². The average molecular weight is 316 g/mol. The van der Waals surface area contributed by atoms with E-state index in [0.717, 1.165) is 0 Å². The van der Waals surface area contributed by atoms with Gasteiger partial charge in [-0.1, -0.05) is 6.92 Å². The first-order valence-corrected chi connectivity index (χ1v) is 6.89. The number of rotatable bonds is 4. The second-order valence-electron chi connectivity index (χ2n) is 5.05. The summed E-state index contributed by atoms with van der Waals surface area (Å²) in [7, 11) is 1.84. The Balaban J connectivity index is 0.00000220. The van der Waals surface area contributed by atoms with Crippen molar-refractivity contribution in [2.75, 3.05) is 39.8 Å². The van der Waals surface area contributed by atoms with Crippen LogP contribution in [0.5, 0.6) is 0 Å². The minimum atomic E-state index is -0.106. The van der Waals surface area contributed by atoms with Crippen molar-refractivity contribution in [2.45, 2.75) is 6.92 Å². The molecule has 0 spiro atoms. The quantitative estimate of drug-likeness (QED) is 0.894. The van der Waals surface area contributed by atoms with E-state index in [-0.39, 0.29) is 30.1 Å². The van der Waals surface area contributed by atoms with Crippen LogP contribution in [0.2, 0.25) is 0 Å². The van der Waals surface area contributed by atoms with Gasteiger partial charge in [-0.2, -0.15) is 0 Å². The van der Waals surface area contributed by atoms with Gasteiger partial charge < -0.3 is 19.5 Å². The van der Waals surface area contributed by atoms with E-state index in [9.17, 15) is 9.59 Å². The minimum Gasteiger partial charge on any atom is -0.459 e. The van der Waals surface area contributed by atoms with Crippen LogP contribution in [0.3, 0.4) is 0 Å². The summed E-state index contributed by atoms with van der Waals surface area (Å²) < 4.78 is 5.11. The molecule has 1 unspecified atom stereocenters. The molecular formula is C14H22ClN3O3. The van der Waals surface area contributed by atoms with Crippen LogP contribution in [0.4, 0.5) is 0 Å². The summed E-state index contributed by atoms with van der Waals surface area (Å²) in [6, 6.07) is 3.36. The fourth-order valence-electron chi connectivity index (χ4n) is 2.39. The molecule has 1 aromatic rings. The van der Waals surface area contributed by atoms with Gasteiger partial charge in [-0.05, 0) is 19.2 Å². The standard InChI is InChI=1S/C14H21N3O3.ClH/c1-11(10-15-2)13(18)16-5-7-17(8-6-16)14(19)12-4-3-9-20-12;/h3-4,9,11,15H,5-8,10H2,1-2H3;1H. The second kappa shape index (κ2) is 8.05. The van der Waals surface area contributed by atoms with Crippen LogP contribution in [0.1, 0.15) is 17.5 Å². The molecule has 0 saturated carbocycles. The van der Waals surface area contributed by atoms with Crippen LogP contribution >= 0.6 is 12.4 Å². The van der Waals surface area contributed by atoms with Gasteiger partial charge >= 0.3 is 0 Å². The highest BCUT2D eigenvalue weighted by Crippen LogP contribution is 2.11. The normalized spacial score (nSPS) is 16.3. The van der Waals surface area contributed by atoms with Gasteiger partial charge in [0.15, 0.2) is 5.76 Å². The number of carbonyl (C=O) groups excluding carboxylic acids is 2. The first-order valence-electron chi connectivity index (χ1n) is 6.89. The first kappa shape index (κ1) is 17.5. The second-order valence-corrected chi connectivity index (χ2v) is 5.05. The summed E-state index contributed by atoms with van der Waals surface area (Å²) in [4.78, 5) is 27.8. The summed E-state index contributed by atoms with van der Waals surface area (Å²) in [5, 5.41) is 3.01. The summed E-state index contributed by atoms with van der Waals surface area (Å²) in [5.74, 6) is 0.357. The van der Waals surface area contributed by atoms with Crippen molar-refractivity contribution < 1.29 is 14.0 Å². The molecule has 1 aromatic heterocycles. The zero-order valence-electron chi connectivity index (χ0n) is 12.4. The molecule has 21 heavy (non-hydrogen) atoms. The fourth-order valence-corrected chi connectivity index (χ4v) is 2.39. The number of nitrogens with one attached hydrogen (secondary N) is 1. The molecule has 0 bridgehead atoms. The summed E-state index contributed by atoms with van der Waals surface area (Å²) in [6.45, 7) is 4.86. The van der Waals surface area contributed by atoms with E-state index >= 15 is 0 Å². The smallest absolute Gasteiger partial charge is 0.289 e. The molecule has 2 rings (SSSR count). The number of hydrogen-bond acceptors (Lipinski definition) is 4. The number of nitrogens with zero attached hydrogens (tertiary/aromatic N) is 2. The Labute approximate surface area is 130 Å². The number of hydrogen-bond donors (Lipinski definition) is 1. The number of piperazine rings is 1. The van der Waals surface area contributed by atoms with Gasteiger partial charge in [0, 0.05) is 38.6 Å². The van der Waals surface area contributed by atoms with Gasteiger partial charge in [0.1, 0.15) is 0 Å². The van der Waals surface area contributed by atoms with Crippen LogP contribution in [0, 0.1) is 5.92 Å². The Morgan fingerprint density at radius 2 is 1.90 bits per heavy atom. The van der Waals surface area contributed by atoms with Gasteiger partial charge in [-0.3, -0.25) is 9.59 Å². The Morgan fingerprint density at radius 1 is 1.29 bits per heavy atom. The van der Waals surface area contributed by atoms with Crippen molar-refractivity contribution in [3.05, 3.63) is 24.2 Å². The molecule has 6 nitrogen and oxygen atoms in total. The van der Waals surface area contributed by atoms with Gasteiger partial charge in [-0.15, -0.1) is 12.4 Å². The third-order valence-corrected chi connectivity index (χ3v) is 3.54. The van der Waals surface area contributed by atoms with E-state index in [4.69, 9.17) is 4.42 Å². The van der Waals surface area contributed by atoms with E-state index in [1.807, 2.05) is 18.9 Å². The Bertz CT molecular complexity index is 456. The van der Waals surface area contributed by atoms with E-state index in [0.29, 0.717) is 38.5 Å². The molecule has 1 aliphatic rings. The molecule has 1 fully saturated rings. The minimum absolute atomic E-state index is 0. The van der Waals surface area contributed by atoms with Crippen molar-refractivity contribution in [1.29, 1.82) is 0 Å². The lowest BCUT2D eigenvalue weighted by molar-refractivity contribution is -0.136. The monoisotopic (exact) mass is 315 g/mol. The first-order chi connectivity index (χ1) is 9.63. The van der Waals surface area contributed by atoms with Crippen LogP contribution in [-0.2, 0) is 4.79 Å². The van der Waals surface area contributed by atoms with Crippen LogP contribution in [-0.4, -0.2) is 61.4 Å². The molecule has 2 amide bonds. The van der Waals surface area contributed by atoms with Crippen LogP contribution in [0.25, 0.3) is 0 Å². The molecular weight excluding hydrogens is 294 g/mol. The Kier molecular flexibility index (Phi) is 6.71. The zero-order chi connectivity index (χ0) is 14.5. The third-order valence-electron chi connectivity index (χ3n) is 3.54. The van der Waals surface area contributed by atoms with Gasteiger partial charge in [0.2, 0.25) is 5.91 Å². The SMILES string of the molecule is CNCC(C)C(=O)N1CCN(C(=O)c2ccco2)CC1.Cl. The van der Waals surface area contributed by atoms with Crippen molar-refractivity contribution >= 4 is 24.2 Å². The number of halogens is 1. The molecule has 2 heterocycles. The topological polar surface area (TPSA) is 65.8 Å². The lowest BCUT2D eigenvalue weighted by Gasteiger charge is -2.35. The Morgan fingerprint density at radius 3 is 2.43 bits per heavy atom. The highest BCUT2D eigenvalue weighted by molar-refractivity contribution is 5.91. The highest BCUT2D eigenvalue weighted by Gasteiger charge is 2.27. The molecule has 1 saturated heterocycles. The third kappa shape index (κ3) is 4.22. The van der Waals surface area contributed by atoms with Crippen LogP contribution in [0.15, 0.2) is 22.8 Å². The predicted molar refractivity (Wildman–Crippen MR) is 81.5 cm³/mol. The molecule has 1 N–H and O–H groups in total. The maximum absolute atomic E-state index is 12.2. The summed E-state index contributed by atoms with van der Waals surface area (Å²) in [5.41, 5.74) is 0. The van der Waals surface area contributed by atoms with Crippen molar-refractivity contribution in [3.63, 3.8) is 0 Å². The molecule has 0 aliphatic carbocycles. The molecule has 1 aliphatic heterocycles. The number of carbonyl (C=O) groups is 2. The predicted octanol–water partition coefficient (Wildman–Crippen LogP) is 0.841. The van der Waals surface area contributed by atoms with E-state index in [1.165, 1.54) is 6.26 Å². The summed E-state index contributed by atoms with van der Waals surface area (Å²) >= 11 is 0. The number of amides is 2. The molecule has 0 radical (unpaired) electrons. The zero-order valence-corrected chi connectivity index (χ0v) is 13.2. The molecule has 0 aromatic carbocycles. The van der Waals surface area contributed by atoms with Gasteiger partial charge in [-0.25, -0.2) is 0 Å². The number of furan rings is 1. The summed E-state index contributed by atoms with van der Waals surface area (Å²) in [6.07, 6.45) is 1.49. The maximum Gasteiger partial charge on any atom is 0.289 e. The molecule has 118 valence electrons. The Hall–Kier alpha value is -1.53. The van der Waals surface area contributed by atoms with Crippen molar-refractivity contribution in [1.82, 2.24) is 15.1 Å². The van der Waals surface area contributed by atoms with E-state index in [1.54, 1.807) is 17.0 Å². The van der Waals surface area contributed by atoms with Gasteiger partial charge in [0.05, 0.1) is 6.26 Å². The van der Waals surface area contributed by atoms with E-state index < -0.39 is 0 Å². The molecule has 7 heteroatoms. The maximum atomic E-state index is 12.2. The highest BCUT2D eigenvalue weighted by atomic mass is 35.5.